The van der Waals surface area contributed by atoms with E-state index in [9.17, 15) is 86.9 Å². The molecule has 0 aromatic rings. The van der Waals surface area contributed by atoms with Gasteiger partial charge in [-0.2, -0.15) is 0 Å². The molecule has 0 amide bonds. The van der Waals surface area contributed by atoms with Crippen molar-refractivity contribution in [2.24, 2.45) is 11.8 Å². The molecule has 0 spiro atoms. The van der Waals surface area contributed by atoms with Gasteiger partial charge < -0.3 is 153 Å². The number of rotatable bonds is 28. The Hall–Kier alpha value is -8.80. The van der Waals surface area contributed by atoms with Gasteiger partial charge in [0.2, 0.25) is 0 Å². The summed E-state index contributed by atoms with van der Waals surface area (Å²) in [5, 5.41) is 36.7. The van der Waals surface area contributed by atoms with Gasteiger partial charge in [-0.25, -0.2) is 0 Å². The Labute approximate surface area is 709 Å². The first-order valence-electron chi connectivity index (χ1n) is 40.2. The zero-order valence-electron chi connectivity index (χ0n) is 67.2. The molecule has 32 atom stereocenters. The van der Waals surface area contributed by atoms with Crippen LogP contribution in [0, 0.1) is 11.8 Å². The summed E-state index contributed by atoms with van der Waals surface area (Å²) in [7, 11) is 0. The average Bonchev–Trinajstić information content (AvgIpc) is 1.86. The molecule has 696 valence electrons. The predicted molar refractivity (Wildman–Crippen MR) is 385 cm³/mol. The number of Topliss-reactive ketones (excluding diaryl/α,β-unsaturated/α-hetero) is 2. The van der Waals surface area contributed by atoms with Gasteiger partial charge in [0, 0.05) is 11.8 Å². The number of aliphatic carboxylic acids is 2. The third-order valence-electron chi connectivity index (χ3n) is 22.3. The molecule has 16 rings (SSSR count). The van der Waals surface area contributed by atoms with Crippen LogP contribution in [0.25, 0.3) is 0 Å². The largest absolute Gasteiger partial charge is 0.481 e. The highest BCUT2D eigenvalue weighted by atomic mass is 16.7. The smallest absolute Gasteiger partial charge is 0.317 e. The van der Waals surface area contributed by atoms with Crippen LogP contribution in [0.15, 0.2) is 0 Å². The van der Waals surface area contributed by atoms with Crippen LogP contribution in [-0.2, 0) is 209 Å². The van der Waals surface area contributed by atoms with E-state index in [1.807, 2.05) is 13.8 Å². The molecule has 125 heavy (non-hydrogen) atoms. The van der Waals surface area contributed by atoms with E-state index in [-0.39, 0.29) is 161 Å². The highest BCUT2D eigenvalue weighted by Gasteiger charge is 2.58. The first kappa shape index (κ1) is 95.3. The number of carbonyl (C=O) groups is 16. The highest BCUT2D eigenvalue weighted by molar-refractivity contribution is 5.96. The fourth-order valence-corrected chi connectivity index (χ4v) is 16.8. The van der Waals surface area contributed by atoms with Crippen LogP contribution in [0.2, 0.25) is 0 Å². The summed E-state index contributed by atoms with van der Waals surface area (Å²) in [6.45, 7) is 8.49. The van der Waals surface area contributed by atoms with Crippen LogP contribution in [0.1, 0.15) is 86.5 Å². The molecule has 32 unspecified atom stereocenters. The number of ether oxygens (including phenoxy) is 28. The first-order chi connectivity index (χ1) is 59.3. The highest BCUT2D eigenvalue weighted by Crippen LogP contribution is 2.39. The van der Waals surface area contributed by atoms with Gasteiger partial charge in [0.25, 0.3) is 0 Å². The standard InChI is InChI=1S/C22H26O15.2C19H24O12.C16H22O9.CH4/c1-9(23)2-15(26)34-10-5-30-21-12(7-32-19(10)21)36-17(28)4-18(29)37-13-8-33-20-11(6-31-22(13)20)35-16(27)3-14(24)25;1-8-4-25-17-9(5-26-16(8)17)30-14(23)3-15(24)31-11-7-28-18-10(6-27-19(11)18)29-13(22)2-12(20)21;1-8(20)2-13(22)29-11-6-27-19-12(7-28-18(11)19)31-15(24)3-14(23)30-10-5-26-16-9(21)4-25-17(10)16;1-7-3-20-15-9(5-22-13(7)15)24-11(18)2-12(19)25-10-6-23-14-8(17)4-21-16(10)14;/h10-13,19-22H,2-8H2,1H3,(H,24,25);8-11,16-19H,2-7H2,1H3,(H,20,21);9-12,16-19,21H,2-7H2,1H3;7-10,13-17H,2-6H2,1H3;1H4. The van der Waals surface area contributed by atoms with Gasteiger partial charge in [0.15, 0.2) is 73.2 Å². The second-order valence-electron chi connectivity index (χ2n) is 31.8. The molecule has 16 saturated heterocycles. The van der Waals surface area contributed by atoms with Crippen LogP contribution in [-0.4, -0.2) is 404 Å². The fourth-order valence-electron chi connectivity index (χ4n) is 16.8. The second-order valence-corrected chi connectivity index (χ2v) is 31.8. The molecule has 48 heteroatoms. The lowest BCUT2D eigenvalue weighted by Gasteiger charge is -2.18. The van der Waals surface area contributed by atoms with Gasteiger partial charge in [0.1, 0.15) is 161 Å². The van der Waals surface area contributed by atoms with Crippen LogP contribution >= 0.6 is 0 Å². The lowest BCUT2D eigenvalue weighted by Crippen LogP contribution is -2.37. The van der Waals surface area contributed by atoms with Crippen molar-refractivity contribution in [1.82, 2.24) is 0 Å². The Balaban J connectivity index is 0.000000153. The van der Waals surface area contributed by atoms with Crippen molar-refractivity contribution in [2.45, 2.75) is 270 Å². The number of esters is 12. The number of carboxylic acids is 2. The van der Waals surface area contributed by atoms with E-state index in [1.165, 1.54) is 13.8 Å². The molecule has 0 saturated carbocycles. The van der Waals surface area contributed by atoms with Crippen LogP contribution in [0.4, 0.5) is 0 Å². The second kappa shape index (κ2) is 42.9. The molecule has 0 aromatic heterocycles. The third-order valence-corrected chi connectivity index (χ3v) is 22.3. The van der Waals surface area contributed by atoms with Crippen molar-refractivity contribution < 1.29 is 230 Å². The van der Waals surface area contributed by atoms with Crippen molar-refractivity contribution in [3.63, 3.8) is 0 Å². The summed E-state index contributed by atoms with van der Waals surface area (Å²) in [6, 6.07) is 0. The summed E-state index contributed by atoms with van der Waals surface area (Å²) in [5.41, 5.74) is 0. The minimum atomic E-state index is -1.33. The van der Waals surface area contributed by atoms with E-state index in [2.05, 4.69) is 0 Å². The van der Waals surface area contributed by atoms with Gasteiger partial charge in [-0.05, 0) is 13.8 Å². The Kier molecular flexibility index (Phi) is 32.7. The number of carbonyl (C=O) groups excluding carboxylic acids is 14. The SMILES string of the molecule is C.CC(=O)CC(=O)OC1COC2C(OC(=O)CC(=O)OC3COC4C(O)COC34)COC12.CC(=O)CC(=O)OC1COC2C(OC(=O)CC(=O)OC3COC4C(OC(=O)CC(=O)O)COC34)COC12.CC1COC2C(OC(=O)CC(=O)OC3COC4C(O)COC34)COC12.CC1COC2C(OC(=O)CC(=O)OC3COC4C(OC(=O)CC(=O)O)COC34)COC12. The molecular weight excluding hydrogens is 1690 g/mol. The molecule has 16 aliphatic rings. The maximum atomic E-state index is 12.3. The van der Waals surface area contributed by atoms with Gasteiger partial charge in [-0.15, -0.1) is 0 Å². The molecule has 48 nitrogen and oxygen atoms in total. The Morgan fingerprint density at radius 2 is 0.344 bits per heavy atom. The number of aliphatic hydroxyl groups excluding tert-OH is 2. The van der Waals surface area contributed by atoms with Gasteiger partial charge in [-0.3, -0.25) is 76.7 Å². The monoisotopic (exact) mass is 1790 g/mol. The van der Waals surface area contributed by atoms with Crippen molar-refractivity contribution in [3.05, 3.63) is 0 Å². The Morgan fingerprint density at radius 1 is 0.208 bits per heavy atom. The molecule has 16 fully saturated rings. The maximum absolute atomic E-state index is 12.3. The number of hydrogen-bond acceptors (Lipinski definition) is 46. The summed E-state index contributed by atoms with van der Waals surface area (Å²) in [6.07, 6.45) is -23.3. The summed E-state index contributed by atoms with van der Waals surface area (Å²) < 4.78 is 151. The quantitative estimate of drug-likeness (QED) is 0.0322. The van der Waals surface area contributed by atoms with E-state index >= 15 is 0 Å². The van der Waals surface area contributed by atoms with Crippen LogP contribution in [0.5, 0.6) is 0 Å². The number of hydrogen-bond donors (Lipinski definition) is 4. The molecular formula is C77H100O48. The lowest BCUT2D eigenvalue weighted by molar-refractivity contribution is -0.167. The lowest BCUT2D eigenvalue weighted by atomic mass is 10.0. The van der Waals surface area contributed by atoms with Gasteiger partial charge in [-0.1, -0.05) is 21.3 Å². The average molecular weight is 1790 g/mol. The predicted octanol–water partition coefficient (Wildman–Crippen LogP) is -5.63. The van der Waals surface area contributed by atoms with Crippen molar-refractivity contribution in [1.29, 1.82) is 0 Å². The van der Waals surface area contributed by atoms with Crippen molar-refractivity contribution >= 4 is 95.1 Å². The van der Waals surface area contributed by atoms with Crippen molar-refractivity contribution in [2.75, 3.05) is 106 Å². The molecule has 0 radical (unpaired) electrons. The van der Waals surface area contributed by atoms with Crippen LogP contribution < -0.4 is 0 Å². The first-order valence-corrected chi connectivity index (χ1v) is 40.2. The zero-order chi connectivity index (χ0) is 88.5. The minimum absolute atomic E-state index is 0. The minimum Gasteiger partial charge on any atom is -0.481 e. The third kappa shape index (κ3) is 24.2. The molecule has 0 aromatic carbocycles. The number of ketones is 2. The molecule has 16 aliphatic heterocycles. The normalized spacial score (nSPS) is 38.1. The molecule has 4 N–H and O–H groups in total. The molecule has 0 aliphatic carbocycles. The Morgan fingerprint density at radius 3 is 0.528 bits per heavy atom. The Bertz CT molecular complexity index is 3680. The topological polar surface area (TPSA) is 612 Å². The van der Waals surface area contributed by atoms with E-state index in [4.69, 9.17) is 143 Å². The van der Waals surface area contributed by atoms with E-state index in [0.29, 0.717) is 13.2 Å². The van der Waals surface area contributed by atoms with Gasteiger partial charge in [0.05, 0.1) is 118 Å². The van der Waals surface area contributed by atoms with E-state index in [0.717, 1.165) is 0 Å². The molecule has 16 heterocycles. The van der Waals surface area contributed by atoms with Crippen molar-refractivity contribution in [3.8, 4) is 0 Å². The van der Waals surface area contributed by atoms with E-state index < -0.39 is 281 Å². The zero-order valence-corrected chi connectivity index (χ0v) is 67.2. The summed E-state index contributed by atoms with van der Waals surface area (Å²) >= 11 is 0. The number of fused-ring (bicyclic) bond motifs is 8. The number of aliphatic hydroxyl groups is 2. The maximum Gasteiger partial charge on any atom is 0.317 e. The summed E-state index contributed by atoms with van der Waals surface area (Å²) in [5.74, 6) is -12.4. The molecule has 0 bridgehead atoms. The summed E-state index contributed by atoms with van der Waals surface area (Å²) in [4.78, 5) is 187. The number of carboxylic acid groups (broad SMARTS) is 2. The fraction of sp³-hybridized carbons (Fsp3) is 0.792. The van der Waals surface area contributed by atoms with E-state index in [1.54, 1.807) is 0 Å². The van der Waals surface area contributed by atoms with Crippen LogP contribution in [0.3, 0.4) is 0 Å². The van der Waals surface area contributed by atoms with Gasteiger partial charge >= 0.3 is 83.6 Å².